The molecule has 1 aromatic heterocycles. The van der Waals surface area contributed by atoms with Crippen molar-refractivity contribution in [2.75, 3.05) is 9.80 Å². The summed E-state index contributed by atoms with van der Waals surface area (Å²) in [5, 5.41) is 14.3. The average molecular weight is 880 g/mol. The Bertz CT molecular complexity index is 3630. The van der Waals surface area contributed by atoms with E-state index in [1.165, 1.54) is 5.56 Å². The summed E-state index contributed by atoms with van der Waals surface area (Å²) in [6.07, 6.45) is 0. The van der Waals surface area contributed by atoms with Gasteiger partial charge in [0.2, 0.25) is 0 Å². The second-order valence-electron chi connectivity index (χ2n) is 17.2. The van der Waals surface area contributed by atoms with Crippen LogP contribution in [0.4, 0.5) is 39.8 Å². The molecular formula is C64H41N5. The van der Waals surface area contributed by atoms with E-state index in [-0.39, 0.29) is 0 Å². The van der Waals surface area contributed by atoms with E-state index in [4.69, 9.17) is 6.57 Å². The molecule has 69 heavy (non-hydrogen) atoms. The molecule has 11 aromatic carbocycles. The van der Waals surface area contributed by atoms with Crippen molar-refractivity contribution in [1.82, 2.24) is 4.57 Å². The molecule has 1 heterocycles. The third kappa shape index (κ3) is 7.29. The van der Waals surface area contributed by atoms with Crippen LogP contribution in [0.25, 0.3) is 76.5 Å². The minimum absolute atomic E-state index is 0.592. The molecular weight excluding hydrogens is 839 g/mol. The zero-order valence-electron chi connectivity index (χ0n) is 37.4. The third-order valence-corrected chi connectivity index (χ3v) is 13.2. The molecule has 12 aromatic rings. The van der Waals surface area contributed by atoms with Gasteiger partial charge in [-0.1, -0.05) is 152 Å². The van der Waals surface area contributed by atoms with E-state index < -0.39 is 0 Å². The Morgan fingerprint density at radius 1 is 0.362 bits per heavy atom. The molecule has 0 aliphatic carbocycles. The monoisotopic (exact) mass is 879 g/mol. The summed E-state index contributed by atoms with van der Waals surface area (Å²) < 4.78 is 2.40. The van der Waals surface area contributed by atoms with Gasteiger partial charge >= 0.3 is 0 Å². The van der Waals surface area contributed by atoms with Crippen LogP contribution in [-0.4, -0.2) is 4.57 Å². The topological polar surface area (TPSA) is 39.6 Å². The molecule has 0 aliphatic rings. The summed E-state index contributed by atoms with van der Waals surface area (Å²) in [7, 11) is 0. The lowest BCUT2D eigenvalue weighted by molar-refractivity contribution is 1.18. The van der Waals surface area contributed by atoms with Crippen molar-refractivity contribution >= 4 is 72.4 Å². The highest BCUT2D eigenvalue weighted by Crippen LogP contribution is 2.50. The number of benzene rings is 11. The molecule has 12 rings (SSSR count). The van der Waals surface area contributed by atoms with Gasteiger partial charge < -0.3 is 14.4 Å². The van der Waals surface area contributed by atoms with E-state index in [2.05, 4.69) is 213 Å². The molecule has 0 saturated heterocycles. The van der Waals surface area contributed by atoms with E-state index in [1.807, 2.05) is 60.7 Å². The highest BCUT2D eigenvalue weighted by molar-refractivity contribution is 6.29. The fraction of sp³-hybridized carbons (Fsp3) is 0. The van der Waals surface area contributed by atoms with Crippen LogP contribution in [0.2, 0.25) is 0 Å². The van der Waals surface area contributed by atoms with E-state index in [9.17, 15) is 5.26 Å². The molecule has 0 unspecified atom stereocenters. The quantitative estimate of drug-likeness (QED) is 0.101. The van der Waals surface area contributed by atoms with Gasteiger partial charge in [0.05, 0.1) is 40.6 Å². The lowest BCUT2D eigenvalue weighted by Crippen LogP contribution is -2.11. The predicted molar refractivity (Wildman–Crippen MR) is 286 cm³/mol. The van der Waals surface area contributed by atoms with Crippen LogP contribution >= 0.6 is 0 Å². The Morgan fingerprint density at radius 3 is 1.09 bits per heavy atom. The average Bonchev–Trinajstić information content (AvgIpc) is 3.77. The van der Waals surface area contributed by atoms with Gasteiger partial charge in [-0.05, 0) is 130 Å². The standard InChI is InChI=1S/C64H41N5/c1-66-51-25-35-55(36-26-51)68(54-31-21-49(22-32-54)46-13-7-3-8-14-46)60-40-42-62-64-58(60)38-37-57-59(39-41-61(63(57)64)69(62)56-33-23-50(24-34-56)47-15-9-4-10-16-47)67(52-27-17-44(43-65)18-28-52)53-29-19-48(20-30-53)45-11-5-2-6-12-45/h2-42H. The minimum Gasteiger partial charge on any atom is -0.310 e. The molecule has 0 fully saturated rings. The normalized spacial score (nSPS) is 11.2. The number of anilines is 6. The second kappa shape index (κ2) is 17.3. The van der Waals surface area contributed by atoms with Crippen LogP contribution in [-0.2, 0) is 0 Å². The number of hydrogen-bond acceptors (Lipinski definition) is 3. The Hall–Kier alpha value is -9.68. The highest BCUT2D eigenvalue weighted by Gasteiger charge is 2.26. The maximum absolute atomic E-state index is 9.82. The van der Waals surface area contributed by atoms with E-state index >= 15 is 0 Å². The van der Waals surface area contributed by atoms with Crippen molar-refractivity contribution in [2.24, 2.45) is 0 Å². The summed E-state index contributed by atoms with van der Waals surface area (Å²) in [5.74, 6) is 0. The zero-order chi connectivity index (χ0) is 46.3. The zero-order valence-corrected chi connectivity index (χ0v) is 37.4. The number of nitrogens with zero attached hydrogens (tertiary/aromatic N) is 5. The van der Waals surface area contributed by atoms with Crippen molar-refractivity contribution in [3.8, 4) is 45.1 Å². The van der Waals surface area contributed by atoms with Gasteiger partial charge in [0.15, 0.2) is 5.69 Å². The lowest BCUT2D eigenvalue weighted by Gasteiger charge is -2.28. The van der Waals surface area contributed by atoms with Gasteiger partial charge in [-0.15, -0.1) is 0 Å². The number of nitriles is 1. The van der Waals surface area contributed by atoms with Crippen LogP contribution in [0, 0.1) is 17.9 Å². The number of rotatable bonds is 10. The SMILES string of the molecule is [C-]#[N+]c1ccc(N(c2ccc(-c3ccccc3)cc2)c2ccc3c4c2ccc2c(N(c5ccc(C#N)cc5)c5ccc(-c6ccccc6)cc5)ccc(c24)n3-c2ccc(-c3ccccc3)cc2)cc1. The van der Waals surface area contributed by atoms with Gasteiger partial charge in [0.1, 0.15) is 0 Å². The molecule has 0 N–H and O–H groups in total. The van der Waals surface area contributed by atoms with Crippen molar-refractivity contribution in [3.05, 3.63) is 266 Å². The summed E-state index contributed by atoms with van der Waals surface area (Å²) in [5.41, 5.74) is 17.3. The summed E-state index contributed by atoms with van der Waals surface area (Å²) in [6.45, 7) is 7.73. The van der Waals surface area contributed by atoms with Crippen molar-refractivity contribution in [3.63, 3.8) is 0 Å². The first kappa shape index (κ1) is 40.8. The van der Waals surface area contributed by atoms with Crippen LogP contribution in [0.1, 0.15) is 5.56 Å². The van der Waals surface area contributed by atoms with Crippen LogP contribution in [0.15, 0.2) is 249 Å². The first-order valence-corrected chi connectivity index (χ1v) is 23.0. The van der Waals surface area contributed by atoms with Gasteiger partial charge in [-0.3, -0.25) is 0 Å². The molecule has 5 heteroatoms. The van der Waals surface area contributed by atoms with Gasteiger partial charge in [-0.25, -0.2) is 4.85 Å². The minimum atomic E-state index is 0.592. The summed E-state index contributed by atoms with van der Waals surface area (Å²) in [4.78, 5) is 8.34. The Balaban J connectivity index is 1.10. The maximum atomic E-state index is 9.82. The first-order valence-electron chi connectivity index (χ1n) is 23.0. The summed E-state index contributed by atoms with van der Waals surface area (Å²) >= 11 is 0. The van der Waals surface area contributed by atoms with Gasteiger partial charge in [0, 0.05) is 50.0 Å². The number of hydrogen-bond donors (Lipinski definition) is 0. The Labute approximate surface area is 401 Å². The predicted octanol–water partition coefficient (Wildman–Crippen LogP) is 17.7. The Morgan fingerprint density at radius 2 is 0.710 bits per heavy atom. The molecule has 0 radical (unpaired) electrons. The maximum Gasteiger partial charge on any atom is 0.187 e. The van der Waals surface area contributed by atoms with Crippen molar-refractivity contribution in [2.45, 2.75) is 0 Å². The molecule has 0 atom stereocenters. The molecule has 0 spiro atoms. The van der Waals surface area contributed by atoms with Gasteiger partial charge in [0.25, 0.3) is 0 Å². The van der Waals surface area contributed by atoms with Gasteiger partial charge in [-0.2, -0.15) is 5.26 Å². The Kier molecular flexibility index (Phi) is 10.2. The third-order valence-electron chi connectivity index (χ3n) is 13.2. The second-order valence-corrected chi connectivity index (χ2v) is 17.2. The first-order chi connectivity index (χ1) is 34.1. The van der Waals surface area contributed by atoms with Crippen molar-refractivity contribution < 1.29 is 0 Å². The van der Waals surface area contributed by atoms with E-state index in [0.29, 0.717) is 11.3 Å². The number of aromatic nitrogens is 1. The van der Waals surface area contributed by atoms with E-state index in [1.54, 1.807) is 0 Å². The van der Waals surface area contributed by atoms with Crippen molar-refractivity contribution in [1.29, 1.82) is 5.26 Å². The lowest BCUT2D eigenvalue weighted by atomic mass is 9.97. The molecule has 322 valence electrons. The van der Waals surface area contributed by atoms with Crippen LogP contribution in [0.3, 0.4) is 0 Å². The highest BCUT2D eigenvalue weighted by atomic mass is 15.2. The van der Waals surface area contributed by atoms with Crippen LogP contribution in [0.5, 0.6) is 0 Å². The largest absolute Gasteiger partial charge is 0.310 e. The fourth-order valence-corrected chi connectivity index (χ4v) is 9.91. The fourth-order valence-electron chi connectivity index (χ4n) is 9.91. The smallest absolute Gasteiger partial charge is 0.187 e. The molecule has 0 amide bonds. The van der Waals surface area contributed by atoms with Crippen LogP contribution < -0.4 is 9.80 Å². The molecule has 5 nitrogen and oxygen atoms in total. The summed E-state index contributed by atoms with van der Waals surface area (Å²) in [6, 6.07) is 89.4. The molecule has 0 aliphatic heterocycles. The molecule has 0 bridgehead atoms. The van der Waals surface area contributed by atoms with E-state index in [0.717, 1.165) is 100 Å². The molecule has 0 saturated carbocycles.